The van der Waals surface area contributed by atoms with Crippen LogP contribution in [0.4, 0.5) is 0 Å². The molecule has 25 heavy (non-hydrogen) atoms. The minimum absolute atomic E-state index is 0.0226. The molecule has 136 valence electrons. The number of aromatic amines is 1. The number of nitrogens with one attached hydrogen (secondary N) is 1. The maximum atomic E-state index is 12.8. The lowest BCUT2D eigenvalue weighted by Gasteiger charge is -2.29. The van der Waals surface area contributed by atoms with Crippen LogP contribution in [0.15, 0.2) is 35.1 Å². The fraction of sp³-hybridized carbons (Fsp3) is 0.474. The SMILES string of the molecule is Cc1ccc(-n2[nH]c(C(=O)N(CCCO)CC(C)(C)C)cc2=O)cc1. The van der Waals surface area contributed by atoms with E-state index in [1.807, 2.05) is 52.0 Å². The minimum atomic E-state index is -0.273. The summed E-state index contributed by atoms with van der Waals surface area (Å²) < 4.78 is 1.37. The van der Waals surface area contributed by atoms with E-state index in [4.69, 9.17) is 5.11 Å². The number of nitrogens with zero attached hydrogens (tertiary/aromatic N) is 2. The third-order valence-electron chi connectivity index (χ3n) is 3.78. The lowest BCUT2D eigenvalue weighted by Crippen LogP contribution is -2.39. The van der Waals surface area contributed by atoms with Crippen LogP contribution in [0.2, 0.25) is 0 Å². The molecule has 0 aliphatic heterocycles. The van der Waals surface area contributed by atoms with Crippen molar-refractivity contribution in [2.24, 2.45) is 5.41 Å². The Labute approximate surface area is 148 Å². The molecule has 0 aliphatic carbocycles. The number of H-pyrrole nitrogens is 1. The molecular formula is C19H27N3O3. The van der Waals surface area contributed by atoms with Gasteiger partial charge in [0.25, 0.3) is 11.5 Å². The van der Waals surface area contributed by atoms with Crippen LogP contribution in [0.5, 0.6) is 0 Å². The summed E-state index contributed by atoms with van der Waals surface area (Å²) in [5, 5.41) is 12.0. The Morgan fingerprint density at radius 3 is 2.44 bits per heavy atom. The summed E-state index contributed by atoms with van der Waals surface area (Å²) in [7, 11) is 0. The quantitative estimate of drug-likeness (QED) is 0.843. The highest BCUT2D eigenvalue weighted by Gasteiger charge is 2.23. The van der Waals surface area contributed by atoms with Crippen molar-refractivity contribution in [2.45, 2.75) is 34.1 Å². The summed E-state index contributed by atoms with van der Waals surface area (Å²) >= 11 is 0. The van der Waals surface area contributed by atoms with E-state index in [1.165, 1.54) is 10.7 Å². The number of aliphatic hydroxyl groups excluding tert-OH is 1. The van der Waals surface area contributed by atoms with Crippen molar-refractivity contribution >= 4 is 5.91 Å². The van der Waals surface area contributed by atoms with Crippen molar-refractivity contribution in [3.05, 3.63) is 51.9 Å². The Hall–Kier alpha value is -2.34. The van der Waals surface area contributed by atoms with Gasteiger partial charge in [0.2, 0.25) is 0 Å². The van der Waals surface area contributed by atoms with Crippen molar-refractivity contribution in [1.29, 1.82) is 0 Å². The van der Waals surface area contributed by atoms with Gasteiger partial charge in [0, 0.05) is 25.8 Å². The van der Waals surface area contributed by atoms with Gasteiger partial charge in [-0.3, -0.25) is 14.7 Å². The third-order valence-corrected chi connectivity index (χ3v) is 3.78. The van der Waals surface area contributed by atoms with Gasteiger partial charge >= 0.3 is 0 Å². The van der Waals surface area contributed by atoms with Crippen LogP contribution in [-0.2, 0) is 0 Å². The molecule has 6 nitrogen and oxygen atoms in total. The standard InChI is InChI=1S/C19H27N3O3/c1-14-6-8-15(9-7-14)22-17(24)12-16(20-22)18(25)21(10-5-11-23)13-19(2,3)4/h6-9,12,20,23H,5,10-11,13H2,1-4H3. The second-order valence-corrected chi connectivity index (χ2v) is 7.54. The normalized spacial score (nSPS) is 11.6. The zero-order valence-corrected chi connectivity index (χ0v) is 15.4. The third kappa shape index (κ3) is 5.06. The number of carbonyl (C=O) groups is 1. The van der Waals surface area contributed by atoms with E-state index in [-0.39, 0.29) is 29.2 Å². The highest BCUT2D eigenvalue weighted by atomic mass is 16.3. The number of hydrogen-bond donors (Lipinski definition) is 2. The van der Waals surface area contributed by atoms with Gasteiger partial charge in [0.05, 0.1) is 5.69 Å². The molecule has 2 aromatic rings. The molecular weight excluding hydrogens is 318 g/mol. The average Bonchev–Trinajstić information content (AvgIpc) is 2.92. The Kier molecular flexibility index (Phi) is 5.85. The summed E-state index contributed by atoms with van der Waals surface area (Å²) in [6.07, 6.45) is 0.505. The number of carbonyl (C=O) groups excluding carboxylic acids is 1. The van der Waals surface area contributed by atoms with E-state index in [0.717, 1.165) is 5.56 Å². The fourth-order valence-electron chi connectivity index (χ4n) is 2.65. The Morgan fingerprint density at radius 1 is 1.24 bits per heavy atom. The molecule has 2 rings (SSSR count). The molecule has 0 spiro atoms. The number of rotatable bonds is 6. The predicted molar refractivity (Wildman–Crippen MR) is 98.2 cm³/mol. The lowest BCUT2D eigenvalue weighted by atomic mass is 9.96. The lowest BCUT2D eigenvalue weighted by molar-refractivity contribution is 0.0676. The number of hydrogen-bond acceptors (Lipinski definition) is 3. The molecule has 0 fully saturated rings. The summed E-state index contributed by atoms with van der Waals surface area (Å²) in [5.41, 5.74) is 1.69. The van der Waals surface area contributed by atoms with Gasteiger partial charge in [0.15, 0.2) is 0 Å². The zero-order chi connectivity index (χ0) is 18.6. The van der Waals surface area contributed by atoms with E-state index >= 15 is 0 Å². The fourth-order valence-corrected chi connectivity index (χ4v) is 2.65. The first kappa shape index (κ1) is 19.0. The number of amides is 1. The van der Waals surface area contributed by atoms with Crippen molar-refractivity contribution in [1.82, 2.24) is 14.7 Å². The number of aromatic nitrogens is 2. The van der Waals surface area contributed by atoms with Crippen molar-refractivity contribution < 1.29 is 9.90 Å². The summed E-state index contributed by atoms with van der Waals surface area (Å²) in [5.74, 6) is -0.230. The molecule has 0 unspecified atom stereocenters. The van der Waals surface area contributed by atoms with Crippen molar-refractivity contribution in [3.63, 3.8) is 0 Å². The van der Waals surface area contributed by atoms with Crippen molar-refractivity contribution in [2.75, 3.05) is 19.7 Å². The molecule has 1 aromatic heterocycles. The van der Waals surface area contributed by atoms with Gasteiger partial charge in [-0.1, -0.05) is 38.5 Å². The highest BCUT2D eigenvalue weighted by Crippen LogP contribution is 2.17. The second-order valence-electron chi connectivity index (χ2n) is 7.54. The molecule has 1 heterocycles. The van der Waals surface area contributed by atoms with Crippen LogP contribution < -0.4 is 5.56 Å². The van der Waals surface area contributed by atoms with Crippen molar-refractivity contribution in [3.8, 4) is 5.69 Å². The Balaban J connectivity index is 2.29. The smallest absolute Gasteiger partial charge is 0.271 e. The number of aryl methyl sites for hydroxylation is 1. The molecule has 1 amide bonds. The summed E-state index contributed by atoms with van der Waals surface area (Å²) in [4.78, 5) is 26.8. The molecule has 6 heteroatoms. The first-order valence-electron chi connectivity index (χ1n) is 8.50. The van der Waals surface area contributed by atoms with Gasteiger partial charge in [-0.25, -0.2) is 4.68 Å². The van der Waals surface area contributed by atoms with E-state index in [1.54, 1.807) is 4.90 Å². The number of aliphatic hydroxyl groups is 1. The predicted octanol–water partition coefficient (Wildman–Crippen LogP) is 2.34. The van der Waals surface area contributed by atoms with Gasteiger partial charge in [-0.05, 0) is 30.9 Å². The van der Waals surface area contributed by atoms with Crippen LogP contribution in [0, 0.1) is 12.3 Å². The van der Waals surface area contributed by atoms with E-state index < -0.39 is 0 Å². The Morgan fingerprint density at radius 2 is 1.88 bits per heavy atom. The van der Waals surface area contributed by atoms with Crippen LogP contribution in [0.1, 0.15) is 43.2 Å². The first-order valence-corrected chi connectivity index (χ1v) is 8.50. The molecule has 1 aromatic carbocycles. The van der Waals surface area contributed by atoms with Gasteiger partial charge in [-0.2, -0.15) is 0 Å². The van der Waals surface area contributed by atoms with E-state index in [9.17, 15) is 9.59 Å². The summed E-state index contributed by atoms with van der Waals surface area (Å²) in [6.45, 7) is 9.13. The monoisotopic (exact) mass is 345 g/mol. The topological polar surface area (TPSA) is 78.3 Å². The molecule has 0 bridgehead atoms. The highest BCUT2D eigenvalue weighted by molar-refractivity contribution is 5.92. The number of benzene rings is 1. The van der Waals surface area contributed by atoms with E-state index in [2.05, 4.69) is 5.10 Å². The molecule has 0 atom stereocenters. The second kappa shape index (κ2) is 7.70. The van der Waals surface area contributed by atoms with Crippen LogP contribution in [-0.4, -0.2) is 45.4 Å². The van der Waals surface area contributed by atoms with Gasteiger partial charge in [0.1, 0.15) is 5.69 Å². The first-order chi connectivity index (χ1) is 11.7. The minimum Gasteiger partial charge on any atom is -0.396 e. The largest absolute Gasteiger partial charge is 0.396 e. The van der Waals surface area contributed by atoms with Crippen LogP contribution in [0.25, 0.3) is 5.69 Å². The molecule has 0 saturated carbocycles. The molecule has 0 radical (unpaired) electrons. The van der Waals surface area contributed by atoms with Gasteiger partial charge in [-0.15, -0.1) is 0 Å². The molecule has 0 saturated heterocycles. The van der Waals surface area contributed by atoms with Crippen LogP contribution >= 0.6 is 0 Å². The molecule has 2 N–H and O–H groups in total. The van der Waals surface area contributed by atoms with Crippen LogP contribution in [0.3, 0.4) is 0 Å². The van der Waals surface area contributed by atoms with Gasteiger partial charge < -0.3 is 10.0 Å². The maximum Gasteiger partial charge on any atom is 0.271 e. The average molecular weight is 345 g/mol. The molecule has 0 aliphatic rings. The summed E-state index contributed by atoms with van der Waals surface area (Å²) in [6, 6.07) is 8.83. The zero-order valence-electron chi connectivity index (χ0n) is 15.4. The maximum absolute atomic E-state index is 12.8. The Bertz CT molecular complexity index is 766. The van der Waals surface area contributed by atoms with E-state index in [0.29, 0.717) is 25.2 Å².